The van der Waals surface area contributed by atoms with E-state index in [1.807, 2.05) is 42.5 Å². The molecule has 0 bridgehead atoms. The number of amides is 1. The number of hydrogen-bond donors (Lipinski definition) is 2. The normalized spacial score (nSPS) is 17.6. The zero-order valence-corrected chi connectivity index (χ0v) is 17.6. The van der Waals surface area contributed by atoms with E-state index in [-0.39, 0.29) is 17.4 Å². The summed E-state index contributed by atoms with van der Waals surface area (Å²) in [4.78, 5) is 13.0. The monoisotopic (exact) mass is 398 g/mol. The van der Waals surface area contributed by atoms with Crippen molar-refractivity contribution in [3.8, 4) is 0 Å². The molecule has 3 N–H and O–H groups in total. The molecule has 0 radical (unpaired) electrons. The number of benzene rings is 2. The lowest BCUT2D eigenvalue weighted by molar-refractivity contribution is -0.124. The number of hydrogen-bond acceptors (Lipinski definition) is 2. The molecule has 0 aromatic heterocycles. The van der Waals surface area contributed by atoms with Crippen LogP contribution < -0.4 is 11.1 Å². The Labute approximate surface area is 173 Å². The van der Waals surface area contributed by atoms with E-state index in [0.717, 1.165) is 29.8 Å². The predicted molar refractivity (Wildman–Crippen MR) is 116 cm³/mol. The Bertz CT molecular complexity index is 769. The Balaban J connectivity index is 1.77. The average Bonchev–Trinajstić information content (AvgIpc) is 2.62. The standard InChI is InChI=1S/C24H31ClN2O/c1-17(2)15-22(24(13-6-14-24)19-9-11-20(25)12-10-19)27-23(28)21(26)16-18-7-4-3-5-8-18/h3-5,7-12,17,21-22H,6,13-16,26H2,1-2H3,(H,27,28). The molecule has 150 valence electrons. The van der Waals surface area contributed by atoms with Crippen LogP contribution in [-0.4, -0.2) is 18.0 Å². The van der Waals surface area contributed by atoms with Crippen molar-refractivity contribution in [3.63, 3.8) is 0 Å². The Morgan fingerprint density at radius 1 is 1.11 bits per heavy atom. The number of nitrogens with two attached hydrogens (primary N) is 1. The molecule has 1 saturated carbocycles. The molecule has 0 spiro atoms. The van der Waals surface area contributed by atoms with Crippen molar-refractivity contribution >= 4 is 17.5 Å². The number of halogens is 1. The molecule has 1 fully saturated rings. The van der Waals surface area contributed by atoms with Crippen molar-refractivity contribution in [2.45, 2.75) is 63.5 Å². The van der Waals surface area contributed by atoms with Gasteiger partial charge < -0.3 is 11.1 Å². The van der Waals surface area contributed by atoms with Crippen LogP contribution in [0.1, 0.15) is 50.7 Å². The van der Waals surface area contributed by atoms with E-state index in [1.54, 1.807) is 0 Å². The summed E-state index contributed by atoms with van der Waals surface area (Å²) in [5.74, 6) is 0.426. The zero-order chi connectivity index (χ0) is 20.1. The van der Waals surface area contributed by atoms with Gasteiger partial charge in [0, 0.05) is 16.5 Å². The van der Waals surface area contributed by atoms with Crippen LogP contribution in [0.15, 0.2) is 54.6 Å². The molecular weight excluding hydrogens is 368 g/mol. The van der Waals surface area contributed by atoms with E-state index in [4.69, 9.17) is 17.3 Å². The van der Waals surface area contributed by atoms with Gasteiger partial charge in [-0.2, -0.15) is 0 Å². The van der Waals surface area contributed by atoms with Crippen molar-refractivity contribution in [2.75, 3.05) is 0 Å². The fraction of sp³-hybridized carbons (Fsp3) is 0.458. The number of rotatable bonds is 8. The zero-order valence-electron chi connectivity index (χ0n) is 16.8. The minimum Gasteiger partial charge on any atom is -0.351 e. The van der Waals surface area contributed by atoms with Crippen molar-refractivity contribution in [2.24, 2.45) is 11.7 Å². The van der Waals surface area contributed by atoms with Gasteiger partial charge in [-0.15, -0.1) is 0 Å². The third-order valence-corrected chi connectivity index (χ3v) is 6.24. The maximum absolute atomic E-state index is 13.0. The topological polar surface area (TPSA) is 55.1 Å². The fourth-order valence-corrected chi connectivity index (χ4v) is 4.44. The molecule has 1 amide bonds. The molecule has 3 rings (SSSR count). The smallest absolute Gasteiger partial charge is 0.237 e. The largest absolute Gasteiger partial charge is 0.351 e. The lowest BCUT2D eigenvalue weighted by Crippen LogP contribution is -2.57. The Morgan fingerprint density at radius 3 is 2.29 bits per heavy atom. The van der Waals surface area contributed by atoms with Gasteiger partial charge in [0.15, 0.2) is 0 Å². The van der Waals surface area contributed by atoms with E-state index in [9.17, 15) is 4.79 Å². The first-order chi connectivity index (χ1) is 13.4. The van der Waals surface area contributed by atoms with Crippen LogP contribution in [0.5, 0.6) is 0 Å². The molecular formula is C24H31ClN2O. The fourth-order valence-electron chi connectivity index (χ4n) is 4.31. The van der Waals surface area contributed by atoms with E-state index in [1.165, 1.54) is 12.0 Å². The molecule has 2 unspecified atom stereocenters. The minimum atomic E-state index is -0.542. The molecule has 0 aliphatic heterocycles. The molecule has 1 aliphatic rings. The van der Waals surface area contributed by atoms with E-state index >= 15 is 0 Å². The summed E-state index contributed by atoms with van der Waals surface area (Å²) >= 11 is 6.10. The summed E-state index contributed by atoms with van der Waals surface area (Å²) < 4.78 is 0. The number of carbonyl (C=O) groups excluding carboxylic acids is 1. The van der Waals surface area contributed by atoms with Gasteiger partial charge in [0.25, 0.3) is 0 Å². The first-order valence-electron chi connectivity index (χ1n) is 10.3. The number of carbonyl (C=O) groups is 1. The highest BCUT2D eigenvalue weighted by Crippen LogP contribution is 2.48. The summed E-state index contributed by atoms with van der Waals surface area (Å²) in [5, 5.41) is 4.07. The molecule has 3 nitrogen and oxygen atoms in total. The van der Waals surface area contributed by atoms with Crippen molar-refractivity contribution < 1.29 is 4.79 Å². The lowest BCUT2D eigenvalue weighted by Gasteiger charge is -2.49. The number of nitrogens with one attached hydrogen (secondary N) is 1. The highest BCUT2D eigenvalue weighted by molar-refractivity contribution is 6.30. The van der Waals surface area contributed by atoms with Gasteiger partial charge >= 0.3 is 0 Å². The SMILES string of the molecule is CC(C)CC(NC(=O)C(N)Cc1ccccc1)C1(c2ccc(Cl)cc2)CCC1. The summed E-state index contributed by atoms with van der Waals surface area (Å²) in [6, 6.07) is 17.6. The first-order valence-corrected chi connectivity index (χ1v) is 10.6. The first kappa shape index (κ1) is 20.9. The Morgan fingerprint density at radius 2 is 1.75 bits per heavy atom. The molecule has 1 aliphatic carbocycles. The highest BCUT2D eigenvalue weighted by atomic mass is 35.5. The Hall–Kier alpha value is -1.84. The van der Waals surface area contributed by atoms with Crippen molar-refractivity contribution in [1.82, 2.24) is 5.32 Å². The maximum Gasteiger partial charge on any atom is 0.237 e. The second-order valence-corrected chi connectivity index (χ2v) is 8.94. The van der Waals surface area contributed by atoms with E-state index < -0.39 is 6.04 Å². The maximum atomic E-state index is 13.0. The van der Waals surface area contributed by atoms with Crippen LogP contribution in [0, 0.1) is 5.92 Å². The average molecular weight is 399 g/mol. The van der Waals surface area contributed by atoms with Crippen LogP contribution in [0.4, 0.5) is 0 Å². The van der Waals surface area contributed by atoms with Crippen molar-refractivity contribution in [1.29, 1.82) is 0 Å². The lowest BCUT2D eigenvalue weighted by atomic mass is 9.58. The van der Waals surface area contributed by atoms with Gasteiger partial charge in [0.1, 0.15) is 0 Å². The second kappa shape index (κ2) is 9.11. The van der Waals surface area contributed by atoms with Gasteiger partial charge in [0.05, 0.1) is 6.04 Å². The van der Waals surface area contributed by atoms with Gasteiger partial charge in [-0.25, -0.2) is 0 Å². The quantitative estimate of drug-likeness (QED) is 0.666. The molecule has 0 heterocycles. The van der Waals surface area contributed by atoms with Crippen LogP contribution in [-0.2, 0) is 16.6 Å². The summed E-state index contributed by atoms with van der Waals surface area (Å²) in [7, 11) is 0. The van der Waals surface area contributed by atoms with Crippen molar-refractivity contribution in [3.05, 3.63) is 70.7 Å². The predicted octanol–water partition coefficient (Wildman–Crippen LogP) is 4.86. The van der Waals surface area contributed by atoms with Crippen LogP contribution in [0.25, 0.3) is 0 Å². The molecule has 0 saturated heterocycles. The Kier molecular flexibility index (Phi) is 6.79. The van der Waals surface area contributed by atoms with E-state index in [2.05, 4.69) is 31.3 Å². The van der Waals surface area contributed by atoms with Crippen LogP contribution >= 0.6 is 11.6 Å². The van der Waals surface area contributed by atoms with Gasteiger partial charge in [-0.3, -0.25) is 4.79 Å². The second-order valence-electron chi connectivity index (χ2n) is 8.50. The molecule has 2 aromatic carbocycles. The van der Waals surface area contributed by atoms with E-state index in [0.29, 0.717) is 12.3 Å². The van der Waals surface area contributed by atoms with Crippen LogP contribution in [0.3, 0.4) is 0 Å². The summed E-state index contributed by atoms with van der Waals surface area (Å²) in [5.41, 5.74) is 8.60. The molecule has 28 heavy (non-hydrogen) atoms. The minimum absolute atomic E-state index is 0.0169. The highest BCUT2D eigenvalue weighted by Gasteiger charge is 2.46. The molecule has 2 aromatic rings. The molecule has 4 heteroatoms. The summed E-state index contributed by atoms with van der Waals surface area (Å²) in [6.07, 6.45) is 4.84. The summed E-state index contributed by atoms with van der Waals surface area (Å²) in [6.45, 7) is 4.41. The van der Waals surface area contributed by atoms with Crippen LogP contribution in [0.2, 0.25) is 5.02 Å². The third-order valence-electron chi connectivity index (χ3n) is 5.99. The van der Waals surface area contributed by atoms with Gasteiger partial charge in [0.2, 0.25) is 5.91 Å². The molecule has 2 atom stereocenters. The third kappa shape index (κ3) is 4.76. The van der Waals surface area contributed by atoms with Gasteiger partial charge in [-0.1, -0.05) is 74.3 Å². The van der Waals surface area contributed by atoms with Gasteiger partial charge in [-0.05, 0) is 54.9 Å².